The summed E-state index contributed by atoms with van der Waals surface area (Å²) in [4.78, 5) is 0. The molecular formula is C9H9F. The molecule has 0 nitrogen and oxygen atoms in total. The van der Waals surface area contributed by atoms with Crippen molar-refractivity contribution >= 4 is 6.08 Å². The third kappa shape index (κ3) is 1.69. The lowest BCUT2D eigenvalue weighted by Crippen LogP contribution is -1.72. The number of hydrogen-bond acceptors (Lipinski definition) is 0. The van der Waals surface area contributed by atoms with Crippen LogP contribution < -0.4 is 0 Å². The van der Waals surface area contributed by atoms with Gasteiger partial charge in [0, 0.05) is 0 Å². The fourth-order valence-electron chi connectivity index (χ4n) is 0.847. The monoisotopic (exact) mass is 136 g/mol. The minimum absolute atomic E-state index is 0.550. The molecule has 0 amide bonds. The second kappa shape index (κ2) is 3.16. The molecule has 0 saturated carbocycles. The van der Waals surface area contributed by atoms with Gasteiger partial charge in [-0.25, -0.2) is 4.39 Å². The molecule has 0 fully saturated rings. The van der Waals surface area contributed by atoms with Gasteiger partial charge in [-0.15, -0.1) is 0 Å². The van der Waals surface area contributed by atoms with E-state index in [2.05, 4.69) is 0 Å². The summed E-state index contributed by atoms with van der Waals surface area (Å²) in [7, 11) is 0. The first-order valence-corrected chi connectivity index (χ1v) is 3.16. The van der Waals surface area contributed by atoms with Crippen LogP contribution in [0.4, 0.5) is 4.39 Å². The van der Waals surface area contributed by atoms with Crippen molar-refractivity contribution in [2.24, 2.45) is 0 Å². The minimum atomic E-state index is 0.550. The molecule has 0 unspecified atom stereocenters. The van der Waals surface area contributed by atoms with E-state index in [0.717, 1.165) is 11.1 Å². The molecule has 0 aliphatic rings. The lowest BCUT2D eigenvalue weighted by Gasteiger charge is -1.92. The van der Waals surface area contributed by atoms with Crippen molar-refractivity contribution in [3.8, 4) is 0 Å². The zero-order chi connectivity index (χ0) is 7.40. The van der Waals surface area contributed by atoms with Gasteiger partial charge in [-0.05, 0) is 18.6 Å². The highest BCUT2D eigenvalue weighted by Gasteiger charge is 1.85. The van der Waals surface area contributed by atoms with Crippen LogP contribution in [0, 0.1) is 6.92 Å². The van der Waals surface area contributed by atoms with Crippen LogP contribution in [0.25, 0.3) is 6.08 Å². The van der Waals surface area contributed by atoms with Gasteiger partial charge in [0.1, 0.15) is 0 Å². The van der Waals surface area contributed by atoms with Gasteiger partial charge in [0.25, 0.3) is 0 Å². The van der Waals surface area contributed by atoms with E-state index in [1.807, 2.05) is 31.2 Å². The van der Waals surface area contributed by atoms with Crippen LogP contribution in [0.2, 0.25) is 0 Å². The van der Waals surface area contributed by atoms with Gasteiger partial charge in [-0.2, -0.15) is 0 Å². The molecule has 0 bridgehead atoms. The van der Waals surface area contributed by atoms with Crippen molar-refractivity contribution in [3.63, 3.8) is 0 Å². The van der Waals surface area contributed by atoms with Crippen molar-refractivity contribution in [2.75, 3.05) is 0 Å². The highest BCUT2D eigenvalue weighted by molar-refractivity contribution is 5.48. The molecule has 1 aromatic carbocycles. The zero-order valence-corrected chi connectivity index (χ0v) is 5.84. The second-order valence-electron chi connectivity index (χ2n) is 2.21. The molecule has 0 saturated heterocycles. The van der Waals surface area contributed by atoms with Gasteiger partial charge < -0.3 is 0 Å². The minimum Gasteiger partial charge on any atom is -0.216 e. The number of halogens is 1. The normalized spacial score (nSPS) is 10.6. The summed E-state index contributed by atoms with van der Waals surface area (Å²) >= 11 is 0. The van der Waals surface area contributed by atoms with Crippen molar-refractivity contribution < 1.29 is 4.39 Å². The van der Waals surface area contributed by atoms with E-state index in [0.29, 0.717) is 6.33 Å². The topological polar surface area (TPSA) is 0 Å². The van der Waals surface area contributed by atoms with Gasteiger partial charge >= 0.3 is 0 Å². The summed E-state index contributed by atoms with van der Waals surface area (Å²) in [5, 5.41) is 0. The predicted molar refractivity (Wildman–Crippen MR) is 41.3 cm³/mol. The van der Waals surface area contributed by atoms with E-state index in [4.69, 9.17) is 0 Å². The summed E-state index contributed by atoms with van der Waals surface area (Å²) in [6, 6.07) is 7.68. The molecule has 0 radical (unpaired) electrons. The molecule has 52 valence electrons. The largest absolute Gasteiger partial charge is 0.216 e. The SMILES string of the molecule is Cc1cccc(/C=C\F)c1. The zero-order valence-electron chi connectivity index (χ0n) is 5.84. The third-order valence-electron chi connectivity index (χ3n) is 1.30. The highest BCUT2D eigenvalue weighted by atomic mass is 19.1. The first-order chi connectivity index (χ1) is 4.83. The first kappa shape index (κ1) is 7.00. The van der Waals surface area contributed by atoms with Crippen LogP contribution in [0.1, 0.15) is 11.1 Å². The first-order valence-electron chi connectivity index (χ1n) is 3.16. The van der Waals surface area contributed by atoms with Crippen molar-refractivity contribution in [2.45, 2.75) is 6.92 Å². The van der Waals surface area contributed by atoms with Crippen molar-refractivity contribution in [3.05, 3.63) is 41.7 Å². The van der Waals surface area contributed by atoms with Gasteiger partial charge in [0.2, 0.25) is 0 Å². The van der Waals surface area contributed by atoms with Gasteiger partial charge in [-0.1, -0.05) is 29.8 Å². The molecule has 1 rings (SSSR count). The molecule has 0 aliphatic heterocycles. The van der Waals surface area contributed by atoms with Crippen LogP contribution in [-0.2, 0) is 0 Å². The number of rotatable bonds is 1. The van der Waals surface area contributed by atoms with E-state index in [1.54, 1.807) is 0 Å². The highest BCUT2D eigenvalue weighted by Crippen LogP contribution is 2.05. The Morgan fingerprint density at radius 2 is 2.20 bits per heavy atom. The standard InChI is InChI=1S/C9H9F/c1-8-3-2-4-9(7-8)5-6-10/h2-7H,1H3/b6-5-. The number of hydrogen-bond donors (Lipinski definition) is 0. The van der Waals surface area contributed by atoms with Crippen LogP contribution in [-0.4, -0.2) is 0 Å². The Kier molecular flexibility index (Phi) is 2.21. The number of benzene rings is 1. The summed E-state index contributed by atoms with van der Waals surface area (Å²) in [6.07, 6.45) is 1.99. The Morgan fingerprint density at radius 1 is 1.40 bits per heavy atom. The summed E-state index contributed by atoms with van der Waals surface area (Å²) in [5.74, 6) is 0. The average molecular weight is 136 g/mol. The molecule has 0 N–H and O–H groups in total. The molecule has 1 heteroatoms. The van der Waals surface area contributed by atoms with Crippen LogP contribution >= 0.6 is 0 Å². The van der Waals surface area contributed by atoms with E-state index >= 15 is 0 Å². The Hall–Kier alpha value is -1.11. The van der Waals surface area contributed by atoms with Crippen LogP contribution in [0.3, 0.4) is 0 Å². The second-order valence-corrected chi connectivity index (χ2v) is 2.21. The maximum absolute atomic E-state index is 11.6. The lowest BCUT2D eigenvalue weighted by atomic mass is 10.1. The van der Waals surface area contributed by atoms with Crippen LogP contribution in [0.5, 0.6) is 0 Å². The maximum atomic E-state index is 11.6. The Balaban J connectivity index is 2.95. The predicted octanol–water partition coefficient (Wildman–Crippen LogP) is 2.94. The molecule has 0 spiro atoms. The maximum Gasteiger partial charge on any atom is 0.0872 e. The number of aryl methyl sites for hydroxylation is 1. The van der Waals surface area contributed by atoms with E-state index in [-0.39, 0.29) is 0 Å². The van der Waals surface area contributed by atoms with E-state index < -0.39 is 0 Å². The molecule has 1 aromatic rings. The third-order valence-corrected chi connectivity index (χ3v) is 1.30. The molecule has 0 aromatic heterocycles. The molecule has 0 atom stereocenters. The summed E-state index contributed by atoms with van der Waals surface area (Å²) < 4.78 is 11.6. The molecule has 10 heavy (non-hydrogen) atoms. The van der Waals surface area contributed by atoms with E-state index in [9.17, 15) is 4.39 Å². The summed E-state index contributed by atoms with van der Waals surface area (Å²) in [5.41, 5.74) is 2.05. The quantitative estimate of drug-likeness (QED) is 0.556. The van der Waals surface area contributed by atoms with Gasteiger partial charge in [0.05, 0.1) is 6.33 Å². The Labute approximate surface area is 60.0 Å². The van der Waals surface area contributed by atoms with E-state index in [1.165, 1.54) is 6.08 Å². The van der Waals surface area contributed by atoms with Gasteiger partial charge in [0.15, 0.2) is 0 Å². The summed E-state index contributed by atoms with van der Waals surface area (Å²) in [6.45, 7) is 1.98. The Morgan fingerprint density at radius 3 is 2.80 bits per heavy atom. The van der Waals surface area contributed by atoms with Crippen molar-refractivity contribution in [1.82, 2.24) is 0 Å². The molecular weight excluding hydrogens is 127 g/mol. The van der Waals surface area contributed by atoms with Gasteiger partial charge in [-0.3, -0.25) is 0 Å². The smallest absolute Gasteiger partial charge is 0.0872 e. The van der Waals surface area contributed by atoms with Crippen LogP contribution in [0.15, 0.2) is 30.6 Å². The molecule has 0 aliphatic carbocycles. The fourth-order valence-corrected chi connectivity index (χ4v) is 0.847. The van der Waals surface area contributed by atoms with Crippen molar-refractivity contribution in [1.29, 1.82) is 0 Å². The lowest BCUT2D eigenvalue weighted by molar-refractivity contribution is 0.727. The average Bonchev–Trinajstić information content (AvgIpc) is 1.88. The fraction of sp³-hybridized carbons (Fsp3) is 0.111. The Bertz CT molecular complexity index is 238. The molecule has 0 heterocycles.